The van der Waals surface area contributed by atoms with E-state index in [1.807, 2.05) is 5.92 Å². The number of carbonyl (C=O) groups is 1. The lowest BCUT2D eigenvalue weighted by atomic mass is 10.8. The summed E-state index contributed by atoms with van der Waals surface area (Å²) in [6.45, 7) is 1.93. The van der Waals surface area contributed by atoms with Gasteiger partial charge in [0.1, 0.15) is 0 Å². The summed E-state index contributed by atoms with van der Waals surface area (Å²) >= 11 is 2.74. The van der Waals surface area contributed by atoms with E-state index >= 15 is 0 Å². The Hall–Kier alpha value is -0.730. The predicted molar refractivity (Wildman–Crippen MR) is 43.4 cm³/mol. The number of halogens is 1. The minimum absolute atomic E-state index is 0.250. The molecule has 1 atom stereocenters. The lowest BCUT2D eigenvalue weighted by molar-refractivity contribution is 0.0971. The van der Waals surface area contributed by atoms with E-state index in [2.05, 4.69) is 20.7 Å². The fraction of sp³-hybridized carbons (Fsp3) is 0.500. The molecule has 0 saturated heterocycles. The third kappa shape index (κ3) is 17.6. The van der Waals surface area contributed by atoms with Crippen LogP contribution in [0.2, 0.25) is 0 Å². The summed E-state index contributed by atoms with van der Waals surface area (Å²) < 4.78 is 4.00. The van der Waals surface area contributed by atoms with Crippen molar-refractivity contribution in [2.75, 3.05) is 6.61 Å². The van der Waals surface area contributed by atoms with E-state index in [1.54, 1.807) is 6.92 Å². The number of rotatable bonds is 1. The largest absolute Gasteiger partial charge is 0.507 e. The smallest absolute Gasteiger partial charge is 0.450 e. The van der Waals surface area contributed by atoms with Crippen molar-refractivity contribution in [3.05, 3.63) is 0 Å². The second-order valence-electron chi connectivity index (χ2n) is 1.18. The Balaban J connectivity index is 0. The molecule has 4 nitrogen and oxygen atoms in total. The van der Waals surface area contributed by atoms with Gasteiger partial charge in [0.05, 0.1) is 0 Å². The molecule has 0 amide bonds. The highest BCUT2D eigenvalue weighted by atomic mass is 79.9. The van der Waals surface area contributed by atoms with Crippen molar-refractivity contribution < 1.29 is 19.7 Å². The molecule has 0 aromatic rings. The van der Waals surface area contributed by atoms with E-state index in [0.717, 1.165) is 0 Å². The van der Waals surface area contributed by atoms with Crippen molar-refractivity contribution in [1.29, 1.82) is 0 Å². The maximum absolute atomic E-state index is 9.62. The molecule has 0 heterocycles. The van der Waals surface area contributed by atoms with Crippen LogP contribution in [-0.2, 0) is 4.74 Å². The molecule has 0 aromatic carbocycles. The van der Waals surface area contributed by atoms with Crippen LogP contribution in [-0.4, -0.2) is 28.0 Å². The zero-order chi connectivity index (χ0) is 9.28. The van der Waals surface area contributed by atoms with Gasteiger partial charge in [-0.15, -0.1) is 6.42 Å². The lowest BCUT2D eigenvalue weighted by Gasteiger charge is -1.97. The molecular formula is C6H9BrO4. The monoisotopic (exact) mass is 224 g/mol. The Morgan fingerprint density at radius 2 is 2.27 bits per heavy atom. The van der Waals surface area contributed by atoms with Gasteiger partial charge in [0.15, 0.2) is 0 Å². The Labute approximate surface area is 73.3 Å². The van der Waals surface area contributed by atoms with Crippen molar-refractivity contribution in [2.45, 2.75) is 11.9 Å². The van der Waals surface area contributed by atoms with E-state index in [9.17, 15) is 4.79 Å². The SMILES string of the molecule is C#CC(Br)OC(=O)O.CCO. The minimum atomic E-state index is -1.38. The normalized spacial score (nSPS) is 10.0. The van der Waals surface area contributed by atoms with Crippen LogP contribution >= 0.6 is 15.9 Å². The molecule has 5 heteroatoms. The fourth-order valence-electron chi connectivity index (χ4n) is 0.123. The first-order valence-electron chi connectivity index (χ1n) is 2.69. The standard InChI is InChI=1S/C4H3BrO3.C2H6O/c1-2-3(5)8-4(6)7;1-2-3/h1,3H,(H,6,7);3H,2H2,1H3. The molecule has 0 spiro atoms. The maximum Gasteiger partial charge on any atom is 0.507 e. The van der Waals surface area contributed by atoms with Crippen LogP contribution in [0.15, 0.2) is 0 Å². The zero-order valence-electron chi connectivity index (χ0n) is 5.95. The van der Waals surface area contributed by atoms with E-state index in [4.69, 9.17) is 16.6 Å². The summed E-state index contributed by atoms with van der Waals surface area (Å²) in [6, 6.07) is 0. The topological polar surface area (TPSA) is 66.8 Å². The molecule has 0 fully saturated rings. The molecule has 1 unspecified atom stereocenters. The highest BCUT2D eigenvalue weighted by Gasteiger charge is 2.02. The zero-order valence-corrected chi connectivity index (χ0v) is 7.54. The Bertz CT molecular complexity index is 140. The number of hydrogen-bond donors (Lipinski definition) is 2. The molecule has 0 aromatic heterocycles. The summed E-state index contributed by atoms with van der Waals surface area (Å²) in [4.78, 5) is 9.62. The molecule has 2 N–H and O–H groups in total. The highest BCUT2D eigenvalue weighted by Crippen LogP contribution is 1.98. The fourth-order valence-corrected chi connectivity index (χ4v) is 0.282. The van der Waals surface area contributed by atoms with Crippen LogP contribution in [0.3, 0.4) is 0 Å². The van der Waals surface area contributed by atoms with Crippen LogP contribution in [0.1, 0.15) is 6.92 Å². The van der Waals surface area contributed by atoms with Crippen molar-refractivity contribution >= 4 is 22.1 Å². The lowest BCUT2D eigenvalue weighted by Crippen LogP contribution is -2.06. The van der Waals surface area contributed by atoms with Crippen LogP contribution in [0, 0.1) is 12.3 Å². The molecule has 0 radical (unpaired) electrons. The first kappa shape index (κ1) is 12.9. The van der Waals surface area contributed by atoms with Gasteiger partial charge in [-0.05, 0) is 22.9 Å². The van der Waals surface area contributed by atoms with Crippen molar-refractivity contribution in [3.63, 3.8) is 0 Å². The first-order valence-corrected chi connectivity index (χ1v) is 3.60. The second-order valence-corrected chi connectivity index (χ2v) is 2.01. The van der Waals surface area contributed by atoms with Gasteiger partial charge in [0.2, 0.25) is 5.01 Å². The van der Waals surface area contributed by atoms with Crippen LogP contribution in [0.25, 0.3) is 0 Å². The summed E-state index contributed by atoms with van der Waals surface area (Å²) in [5.74, 6) is 2.01. The van der Waals surface area contributed by atoms with Crippen LogP contribution in [0.5, 0.6) is 0 Å². The Kier molecular flexibility index (Phi) is 10.9. The van der Waals surface area contributed by atoms with Crippen LogP contribution in [0.4, 0.5) is 4.79 Å². The summed E-state index contributed by atoms with van der Waals surface area (Å²) in [6.07, 6.45) is 3.35. The second kappa shape index (κ2) is 9.27. The summed E-state index contributed by atoms with van der Waals surface area (Å²) in [7, 11) is 0. The molecule has 0 rings (SSSR count). The molecule has 0 aliphatic rings. The molecule has 64 valence electrons. The average molecular weight is 225 g/mol. The number of terminal acetylenes is 1. The molecule has 11 heavy (non-hydrogen) atoms. The van der Waals surface area contributed by atoms with E-state index in [-0.39, 0.29) is 6.61 Å². The Morgan fingerprint density at radius 1 is 1.91 bits per heavy atom. The van der Waals surface area contributed by atoms with Gasteiger partial charge in [0, 0.05) is 6.61 Å². The maximum atomic E-state index is 9.62. The molecule has 0 aliphatic carbocycles. The van der Waals surface area contributed by atoms with Crippen LogP contribution < -0.4 is 0 Å². The van der Waals surface area contributed by atoms with Gasteiger partial charge >= 0.3 is 6.16 Å². The molecule has 0 aliphatic heterocycles. The third-order valence-corrected chi connectivity index (χ3v) is 0.787. The van der Waals surface area contributed by atoms with Crippen molar-refractivity contribution in [3.8, 4) is 12.3 Å². The van der Waals surface area contributed by atoms with Crippen molar-refractivity contribution in [2.24, 2.45) is 0 Å². The Morgan fingerprint density at radius 3 is 2.36 bits per heavy atom. The van der Waals surface area contributed by atoms with Gasteiger partial charge in [-0.25, -0.2) is 4.79 Å². The quantitative estimate of drug-likeness (QED) is 0.397. The number of ether oxygens (including phenoxy) is 1. The van der Waals surface area contributed by atoms with Crippen molar-refractivity contribution in [1.82, 2.24) is 0 Å². The van der Waals surface area contributed by atoms with Gasteiger partial charge in [0.25, 0.3) is 0 Å². The van der Waals surface area contributed by atoms with Gasteiger partial charge in [-0.3, -0.25) is 0 Å². The van der Waals surface area contributed by atoms with E-state index in [0.29, 0.717) is 0 Å². The molecule has 0 bridgehead atoms. The summed E-state index contributed by atoms with van der Waals surface area (Å²) in [5.41, 5.74) is 0. The number of alkyl halides is 1. The molecule has 0 saturated carbocycles. The van der Waals surface area contributed by atoms with E-state index in [1.165, 1.54) is 0 Å². The third-order valence-electron chi connectivity index (χ3n) is 0.335. The first-order chi connectivity index (χ1) is 5.08. The highest BCUT2D eigenvalue weighted by molar-refractivity contribution is 9.09. The number of hydrogen-bond acceptors (Lipinski definition) is 3. The van der Waals surface area contributed by atoms with Gasteiger partial charge in [-0.2, -0.15) is 0 Å². The summed E-state index contributed by atoms with van der Waals surface area (Å²) in [5, 5.41) is 14.6. The van der Waals surface area contributed by atoms with Gasteiger partial charge in [-0.1, -0.05) is 5.92 Å². The molecular weight excluding hydrogens is 216 g/mol. The average Bonchev–Trinajstić information content (AvgIpc) is 1.88. The minimum Gasteiger partial charge on any atom is -0.450 e. The van der Waals surface area contributed by atoms with E-state index < -0.39 is 11.2 Å². The predicted octanol–water partition coefficient (Wildman–Crippen LogP) is 1.03. The number of carboxylic acid groups (broad SMARTS) is 1. The number of aliphatic hydroxyl groups excluding tert-OH is 1. The number of aliphatic hydroxyl groups is 1. The van der Waals surface area contributed by atoms with Gasteiger partial charge < -0.3 is 14.9 Å².